The summed E-state index contributed by atoms with van der Waals surface area (Å²) >= 11 is 0. The van der Waals surface area contributed by atoms with Crippen molar-refractivity contribution in [2.45, 2.75) is 45.2 Å². The van der Waals surface area contributed by atoms with E-state index in [1.54, 1.807) is 0 Å². The summed E-state index contributed by atoms with van der Waals surface area (Å²) in [6, 6.07) is 0.904. The number of pyridine rings is 1. The molecule has 5 nitrogen and oxygen atoms in total. The van der Waals surface area contributed by atoms with E-state index in [9.17, 15) is 14.0 Å². The Kier molecular flexibility index (Phi) is 3.62. The van der Waals surface area contributed by atoms with E-state index >= 15 is 0 Å². The molecule has 1 aliphatic carbocycles. The summed E-state index contributed by atoms with van der Waals surface area (Å²) in [5, 5.41) is 2.93. The molecule has 2 atom stereocenters. The molecule has 22 heavy (non-hydrogen) atoms. The summed E-state index contributed by atoms with van der Waals surface area (Å²) in [7, 11) is 0. The number of carbonyl (C=O) groups is 2. The van der Waals surface area contributed by atoms with E-state index < -0.39 is 17.4 Å². The molecule has 2 fully saturated rings. The minimum absolute atomic E-state index is 0.0522. The van der Waals surface area contributed by atoms with E-state index in [0.717, 1.165) is 25.5 Å². The van der Waals surface area contributed by atoms with Crippen LogP contribution in [0, 0.1) is 17.7 Å². The van der Waals surface area contributed by atoms with Gasteiger partial charge in [0.25, 0.3) is 5.91 Å². The van der Waals surface area contributed by atoms with Crippen LogP contribution < -0.4 is 5.32 Å². The highest BCUT2D eigenvalue weighted by Crippen LogP contribution is 2.42. The van der Waals surface area contributed by atoms with Gasteiger partial charge in [-0.05, 0) is 36.3 Å². The Morgan fingerprint density at radius 2 is 2.00 bits per heavy atom. The van der Waals surface area contributed by atoms with Crippen LogP contribution in [0.2, 0.25) is 0 Å². The van der Waals surface area contributed by atoms with Crippen LogP contribution >= 0.6 is 0 Å². The van der Waals surface area contributed by atoms with Gasteiger partial charge >= 0.3 is 6.03 Å². The Balaban J connectivity index is 1.88. The second kappa shape index (κ2) is 5.34. The van der Waals surface area contributed by atoms with Gasteiger partial charge in [-0.15, -0.1) is 0 Å². The number of hydrogen-bond acceptors (Lipinski definition) is 3. The van der Waals surface area contributed by atoms with Crippen LogP contribution in [-0.2, 0) is 11.3 Å². The highest BCUT2D eigenvalue weighted by atomic mass is 19.1. The summed E-state index contributed by atoms with van der Waals surface area (Å²) in [4.78, 5) is 30.2. The fourth-order valence-corrected chi connectivity index (χ4v) is 3.82. The van der Waals surface area contributed by atoms with Gasteiger partial charge < -0.3 is 5.32 Å². The van der Waals surface area contributed by atoms with Crippen LogP contribution in [0.1, 0.15) is 38.7 Å². The Bertz CT molecular complexity index is 609. The summed E-state index contributed by atoms with van der Waals surface area (Å²) in [6.07, 6.45) is 5.49. The van der Waals surface area contributed by atoms with Crippen molar-refractivity contribution in [1.29, 1.82) is 0 Å². The number of nitrogens with one attached hydrogen (secondary N) is 1. The lowest BCUT2D eigenvalue weighted by Crippen LogP contribution is -2.58. The van der Waals surface area contributed by atoms with Crippen molar-refractivity contribution in [3.8, 4) is 0 Å². The van der Waals surface area contributed by atoms with Gasteiger partial charge in [-0.1, -0.05) is 20.3 Å². The maximum Gasteiger partial charge on any atom is 0.325 e. The first-order valence-electron chi connectivity index (χ1n) is 7.68. The molecule has 0 bridgehead atoms. The Morgan fingerprint density at radius 1 is 1.32 bits per heavy atom. The largest absolute Gasteiger partial charge is 0.325 e. The molecule has 0 aromatic carbocycles. The van der Waals surface area contributed by atoms with Gasteiger partial charge in [0, 0.05) is 6.20 Å². The number of nitrogens with zero attached hydrogens (tertiary/aromatic N) is 2. The normalized spacial score (nSPS) is 27.3. The van der Waals surface area contributed by atoms with E-state index in [0.29, 0.717) is 5.56 Å². The molecule has 118 valence electrons. The van der Waals surface area contributed by atoms with Crippen molar-refractivity contribution < 1.29 is 14.0 Å². The molecule has 1 spiro atoms. The maximum atomic E-state index is 13.2. The van der Waals surface area contributed by atoms with E-state index in [1.165, 1.54) is 17.2 Å². The van der Waals surface area contributed by atoms with E-state index in [4.69, 9.17) is 0 Å². The lowest BCUT2D eigenvalue weighted by atomic mass is 9.67. The molecule has 1 N–H and O–H groups in total. The lowest BCUT2D eigenvalue weighted by molar-refractivity contribution is -0.136. The standard InChI is InChI=1S/C16H20FN3O2/c1-10-4-3-5-11(2)16(10)14(21)20(15(22)19-16)9-12-6-13(17)8-18-7-12/h6-8,10-11H,3-5,9H2,1-2H3,(H,19,22)/t10-,11-/m0/s1. The summed E-state index contributed by atoms with van der Waals surface area (Å²) in [6.45, 7) is 4.08. The molecule has 1 aromatic rings. The minimum Gasteiger partial charge on any atom is -0.323 e. The van der Waals surface area contributed by atoms with Crippen molar-refractivity contribution in [1.82, 2.24) is 15.2 Å². The second-order valence-electron chi connectivity index (χ2n) is 6.43. The minimum atomic E-state index is -0.809. The van der Waals surface area contributed by atoms with E-state index in [1.807, 2.05) is 13.8 Å². The Hall–Kier alpha value is -1.98. The van der Waals surface area contributed by atoms with Gasteiger partial charge in [0.2, 0.25) is 0 Å². The number of hydrogen-bond donors (Lipinski definition) is 1. The van der Waals surface area contributed by atoms with Gasteiger partial charge in [-0.25, -0.2) is 9.18 Å². The average molecular weight is 305 g/mol. The van der Waals surface area contributed by atoms with Gasteiger partial charge in [0.1, 0.15) is 11.4 Å². The zero-order valence-electron chi connectivity index (χ0n) is 12.8. The molecular formula is C16H20FN3O2. The van der Waals surface area contributed by atoms with Crippen molar-refractivity contribution in [3.63, 3.8) is 0 Å². The third-order valence-electron chi connectivity index (χ3n) is 5.09. The third kappa shape index (κ3) is 2.17. The van der Waals surface area contributed by atoms with Gasteiger partial charge in [0.15, 0.2) is 0 Å². The molecule has 3 amide bonds. The molecule has 1 aliphatic heterocycles. The van der Waals surface area contributed by atoms with Crippen LogP contribution in [0.4, 0.5) is 9.18 Å². The van der Waals surface area contributed by atoms with Crippen LogP contribution in [-0.4, -0.2) is 27.4 Å². The molecular weight excluding hydrogens is 285 g/mol. The fourth-order valence-electron chi connectivity index (χ4n) is 3.82. The van der Waals surface area contributed by atoms with Gasteiger partial charge in [0.05, 0.1) is 12.7 Å². The molecule has 2 aliphatic rings. The molecule has 6 heteroatoms. The fraction of sp³-hybridized carbons (Fsp3) is 0.562. The molecule has 1 saturated carbocycles. The van der Waals surface area contributed by atoms with Crippen molar-refractivity contribution >= 4 is 11.9 Å². The smallest absolute Gasteiger partial charge is 0.323 e. The summed E-state index contributed by atoms with van der Waals surface area (Å²) in [5.41, 5.74) is -0.299. The third-order valence-corrected chi connectivity index (χ3v) is 5.09. The van der Waals surface area contributed by atoms with E-state index in [-0.39, 0.29) is 24.3 Å². The van der Waals surface area contributed by atoms with E-state index in [2.05, 4.69) is 10.3 Å². The van der Waals surface area contributed by atoms with Gasteiger partial charge in [-0.3, -0.25) is 14.7 Å². The average Bonchev–Trinajstić information content (AvgIpc) is 2.71. The second-order valence-corrected chi connectivity index (χ2v) is 6.43. The molecule has 0 radical (unpaired) electrons. The number of imide groups is 1. The highest BCUT2D eigenvalue weighted by Gasteiger charge is 2.58. The highest BCUT2D eigenvalue weighted by molar-refractivity contribution is 6.07. The van der Waals surface area contributed by atoms with Crippen molar-refractivity contribution in [2.75, 3.05) is 0 Å². The first-order chi connectivity index (χ1) is 10.4. The number of aromatic nitrogens is 1. The molecule has 2 heterocycles. The van der Waals surface area contributed by atoms with Crippen molar-refractivity contribution in [2.24, 2.45) is 11.8 Å². The number of urea groups is 1. The molecule has 0 unspecified atom stereocenters. The predicted octanol–water partition coefficient (Wildman–Crippen LogP) is 2.47. The summed E-state index contributed by atoms with van der Waals surface area (Å²) < 4.78 is 13.2. The Labute approximate surface area is 128 Å². The Morgan fingerprint density at radius 3 is 2.64 bits per heavy atom. The number of halogens is 1. The zero-order chi connectivity index (χ0) is 15.9. The van der Waals surface area contributed by atoms with Crippen LogP contribution in [0.5, 0.6) is 0 Å². The first-order valence-corrected chi connectivity index (χ1v) is 7.68. The quantitative estimate of drug-likeness (QED) is 0.854. The lowest BCUT2D eigenvalue weighted by Gasteiger charge is -2.42. The summed E-state index contributed by atoms with van der Waals surface area (Å²) in [5.74, 6) is -0.466. The first kappa shape index (κ1) is 14.9. The number of rotatable bonds is 2. The maximum absolute atomic E-state index is 13.2. The van der Waals surface area contributed by atoms with Crippen LogP contribution in [0.15, 0.2) is 18.5 Å². The monoisotopic (exact) mass is 305 g/mol. The number of carbonyl (C=O) groups excluding carboxylic acids is 2. The molecule has 1 saturated heterocycles. The SMILES string of the molecule is C[C@H]1CCC[C@H](C)C12NC(=O)N(Cc1cncc(F)c1)C2=O. The zero-order valence-corrected chi connectivity index (χ0v) is 12.8. The van der Waals surface area contributed by atoms with Crippen molar-refractivity contribution in [3.05, 3.63) is 29.8 Å². The number of amides is 3. The molecule has 1 aromatic heterocycles. The van der Waals surface area contributed by atoms with Crippen LogP contribution in [0.3, 0.4) is 0 Å². The van der Waals surface area contributed by atoms with Gasteiger partial charge in [-0.2, -0.15) is 0 Å². The predicted molar refractivity (Wildman–Crippen MR) is 78.2 cm³/mol. The molecule has 3 rings (SSSR count). The topological polar surface area (TPSA) is 62.3 Å². The van der Waals surface area contributed by atoms with Crippen LogP contribution in [0.25, 0.3) is 0 Å².